The maximum atomic E-state index is 5.82. The van der Waals surface area contributed by atoms with E-state index < -0.39 is 0 Å². The van der Waals surface area contributed by atoms with Gasteiger partial charge in [0.15, 0.2) is 0 Å². The molecule has 1 unspecified atom stereocenters. The second kappa shape index (κ2) is 7.98. The smallest absolute Gasteiger partial charge is 0.109 e. The van der Waals surface area contributed by atoms with Crippen molar-refractivity contribution in [2.45, 2.75) is 66.0 Å². The van der Waals surface area contributed by atoms with Crippen LogP contribution in [-0.2, 0) is 6.54 Å². The molecule has 0 saturated heterocycles. The lowest BCUT2D eigenvalue weighted by Gasteiger charge is -2.24. The van der Waals surface area contributed by atoms with Crippen LogP contribution in [0.1, 0.15) is 70.1 Å². The molecule has 0 fully saturated rings. The van der Waals surface area contributed by atoms with Crippen molar-refractivity contribution in [3.8, 4) is 0 Å². The summed E-state index contributed by atoms with van der Waals surface area (Å²) in [6.45, 7) is 10.8. The molecule has 1 aromatic heterocycles. The quantitative estimate of drug-likeness (QED) is 0.677. The number of hydrogen-bond acceptors (Lipinski definition) is 4. The molecule has 0 aliphatic rings. The predicted molar refractivity (Wildman–Crippen MR) is 84.3 cm³/mol. The third-order valence-electron chi connectivity index (χ3n) is 3.33. The van der Waals surface area contributed by atoms with Gasteiger partial charge in [0.2, 0.25) is 0 Å². The summed E-state index contributed by atoms with van der Waals surface area (Å²) in [7, 11) is 0. The van der Waals surface area contributed by atoms with Crippen molar-refractivity contribution >= 4 is 11.3 Å². The topological polar surface area (TPSA) is 50.9 Å². The predicted octanol–water partition coefficient (Wildman–Crippen LogP) is 3.86. The Morgan fingerprint density at radius 2 is 2.16 bits per heavy atom. The molecule has 110 valence electrons. The number of nitrogens with two attached hydrogens (primary N) is 1. The zero-order chi connectivity index (χ0) is 14.3. The van der Waals surface area contributed by atoms with Crippen LogP contribution >= 0.6 is 11.3 Å². The molecule has 0 amide bonds. The van der Waals surface area contributed by atoms with Crippen LogP contribution in [0.3, 0.4) is 0 Å². The summed E-state index contributed by atoms with van der Waals surface area (Å²) in [6, 6.07) is 0.0456. The number of nitrogens with one attached hydrogen (secondary N) is 1. The normalized spacial score (nSPS) is 13.7. The minimum atomic E-state index is 0.0456. The van der Waals surface area contributed by atoms with E-state index in [4.69, 9.17) is 5.73 Å². The van der Waals surface area contributed by atoms with Crippen molar-refractivity contribution in [2.24, 2.45) is 11.1 Å². The van der Waals surface area contributed by atoms with Gasteiger partial charge in [-0.3, -0.25) is 0 Å². The van der Waals surface area contributed by atoms with Gasteiger partial charge in [-0.15, -0.1) is 11.3 Å². The number of aromatic nitrogens is 1. The number of hydrogen-bond donors (Lipinski definition) is 2. The SMILES string of the molecule is CCCCCC(C)(C)CNCc1csc(C(C)N)n1. The van der Waals surface area contributed by atoms with Crippen LogP contribution in [0.15, 0.2) is 5.38 Å². The summed E-state index contributed by atoms with van der Waals surface area (Å²) in [5, 5.41) is 6.66. The molecule has 1 rings (SSSR count). The van der Waals surface area contributed by atoms with Gasteiger partial charge in [0.05, 0.1) is 11.7 Å². The highest BCUT2D eigenvalue weighted by Gasteiger charge is 2.16. The fraction of sp³-hybridized carbons (Fsp3) is 0.800. The highest BCUT2D eigenvalue weighted by Crippen LogP contribution is 2.23. The van der Waals surface area contributed by atoms with Crippen molar-refractivity contribution < 1.29 is 0 Å². The van der Waals surface area contributed by atoms with Gasteiger partial charge in [0.1, 0.15) is 5.01 Å². The Labute approximate surface area is 122 Å². The lowest BCUT2D eigenvalue weighted by Crippen LogP contribution is -2.29. The lowest BCUT2D eigenvalue weighted by molar-refractivity contribution is 0.301. The largest absolute Gasteiger partial charge is 0.322 e. The van der Waals surface area contributed by atoms with Gasteiger partial charge in [0, 0.05) is 18.5 Å². The van der Waals surface area contributed by atoms with Crippen LogP contribution in [0, 0.1) is 5.41 Å². The van der Waals surface area contributed by atoms with E-state index in [9.17, 15) is 0 Å². The third kappa shape index (κ3) is 6.50. The van der Waals surface area contributed by atoms with E-state index in [0.29, 0.717) is 5.41 Å². The zero-order valence-corrected chi connectivity index (χ0v) is 13.6. The second-order valence-electron chi connectivity index (χ2n) is 6.19. The Hall–Kier alpha value is -0.450. The van der Waals surface area contributed by atoms with Gasteiger partial charge >= 0.3 is 0 Å². The number of unbranched alkanes of at least 4 members (excludes halogenated alkanes) is 2. The zero-order valence-electron chi connectivity index (χ0n) is 12.8. The molecule has 3 N–H and O–H groups in total. The van der Waals surface area contributed by atoms with E-state index in [2.05, 4.69) is 36.5 Å². The molecule has 0 bridgehead atoms. The van der Waals surface area contributed by atoms with E-state index >= 15 is 0 Å². The minimum absolute atomic E-state index is 0.0456. The van der Waals surface area contributed by atoms with Crippen LogP contribution in [-0.4, -0.2) is 11.5 Å². The number of nitrogens with zero attached hydrogens (tertiary/aromatic N) is 1. The first-order chi connectivity index (χ1) is 8.94. The van der Waals surface area contributed by atoms with Gasteiger partial charge in [-0.05, 0) is 18.8 Å². The van der Waals surface area contributed by atoms with Crippen molar-refractivity contribution in [3.63, 3.8) is 0 Å². The molecule has 3 nitrogen and oxygen atoms in total. The molecule has 1 atom stereocenters. The van der Waals surface area contributed by atoms with Crippen LogP contribution in [0.2, 0.25) is 0 Å². The Bertz CT molecular complexity index is 358. The van der Waals surface area contributed by atoms with Gasteiger partial charge in [-0.1, -0.05) is 40.0 Å². The second-order valence-corrected chi connectivity index (χ2v) is 7.08. The lowest BCUT2D eigenvalue weighted by atomic mass is 9.87. The minimum Gasteiger partial charge on any atom is -0.322 e. The highest BCUT2D eigenvalue weighted by atomic mass is 32.1. The number of thiazole rings is 1. The number of rotatable bonds is 9. The molecule has 0 spiro atoms. The fourth-order valence-corrected chi connectivity index (χ4v) is 2.86. The molecule has 0 radical (unpaired) electrons. The van der Waals surface area contributed by atoms with Gasteiger partial charge in [-0.25, -0.2) is 4.98 Å². The monoisotopic (exact) mass is 283 g/mol. The summed E-state index contributed by atoms with van der Waals surface area (Å²) in [4.78, 5) is 4.54. The summed E-state index contributed by atoms with van der Waals surface area (Å²) in [6.07, 6.45) is 5.25. The standard InChI is InChI=1S/C15H29N3S/c1-5-6-7-8-15(3,4)11-17-9-13-10-19-14(18-13)12(2)16/h10,12,17H,5-9,11,16H2,1-4H3. The summed E-state index contributed by atoms with van der Waals surface area (Å²) in [5.74, 6) is 0. The molecule has 19 heavy (non-hydrogen) atoms. The molecular formula is C15H29N3S. The average molecular weight is 283 g/mol. The van der Waals surface area contributed by atoms with E-state index in [1.54, 1.807) is 11.3 Å². The molecule has 0 aliphatic heterocycles. The third-order valence-corrected chi connectivity index (χ3v) is 4.42. The molecule has 0 aliphatic carbocycles. The van der Waals surface area contributed by atoms with E-state index in [0.717, 1.165) is 23.8 Å². The highest BCUT2D eigenvalue weighted by molar-refractivity contribution is 7.09. The van der Waals surface area contributed by atoms with Crippen LogP contribution in [0.5, 0.6) is 0 Å². The molecule has 1 aromatic rings. The Morgan fingerprint density at radius 1 is 1.42 bits per heavy atom. The van der Waals surface area contributed by atoms with E-state index in [1.165, 1.54) is 25.7 Å². The van der Waals surface area contributed by atoms with Crippen molar-refractivity contribution in [2.75, 3.05) is 6.54 Å². The van der Waals surface area contributed by atoms with Gasteiger partial charge in [-0.2, -0.15) is 0 Å². The molecule has 1 heterocycles. The maximum Gasteiger partial charge on any atom is 0.109 e. The molecule has 0 aromatic carbocycles. The van der Waals surface area contributed by atoms with E-state index in [-0.39, 0.29) is 6.04 Å². The maximum absolute atomic E-state index is 5.82. The van der Waals surface area contributed by atoms with E-state index in [1.807, 2.05) is 6.92 Å². The fourth-order valence-electron chi connectivity index (χ4n) is 2.08. The van der Waals surface area contributed by atoms with Crippen LogP contribution in [0.25, 0.3) is 0 Å². The summed E-state index contributed by atoms with van der Waals surface area (Å²) >= 11 is 1.66. The summed E-state index contributed by atoms with van der Waals surface area (Å²) < 4.78 is 0. The van der Waals surface area contributed by atoms with Gasteiger partial charge in [0.25, 0.3) is 0 Å². The Morgan fingerprint density at radius 3 is 2.74 bits per heavy atom. The molecule has 0 saturated carbocycles. The van der Waals surface area contributed by atoms with Crippen LogP contribution in [0.4, 0.5) is 0 Å². The van der Waals surface area contributed by atoms with Crippen molar-refractivity contribution in [3.05, 3.63) is 16.1 Å². The Balaban J connectivity index is 2.28. The van der Waals surface area contributed by atoms with Gasteiger partial charge < -0.3 is 11.1 Å². The molecule has 4 heteroatoms. The molecular weight excluding hydrogens is 254 g/mol. The summed E-state index contributed by atoms with van der Waals surface area (Å²) in [5.41, 5.74) is 7.30. The first-order valence-corrected chi connectivity index (χ1v) is 8.23. The average Bonchev–Trinajstić information content (AvgIpc) is 2.78. The Kier molecular flexibility index (Phi) is 6.97. The van der Waals surface area contributed by atoms with Crippen molar-refractivity contribution in [1.29, 1.82) is 0 Å². The first-order valence-electron chi connectivity index (χ1n) is 7.35. The van der Waals surface area contributed by atoms with Crippen molar-refractivity contribution in [1.82, 2.24) is 10.3 Å². The first kappa shape index (κ1) is 16.6. The van der Waals surface area contributed by atoms with Crippen LogP contribution < -0.4 is 11.1 Å².